The van der Waals surface area contributed by atoms with Crippen molar-refractivity contribution in [3.8, 4) is 5.75 Å². The van der Waals surface area contributed by atoms with Crippen LogP contribution in [-0.4, -0.2) is 69.9 Å². The van der Waals surface area contributed by atoms with E-state index < -0.39 is 71.7 Å². The van der Waals surface area contributed by atoms with Crippen LogP contribution in [0.4, 0.5) is 32.0 Å². The Bertz CT molecular complexity index is 1570. The largest absolute Gasteiger partial charge is 0.489 e. The van der Waals surface area contributed by atoms with Crippen LogP contribution >= 0.6 is 0 Å². The van der Waals surface area contributed by atoms with Crippen LogP contribution in [0.2, 0.25) is 0 Å². The van der Waals surface area contributed by atoms with Crippen LogP contribution in [0.25, 0.3) is 0 Å². The summed E-state index contributed by atoms with van der Waals surface area (Å²) >= 11 is 0. The smallest absolute Gasteiger partial charge is 0.416 e. The molecule has 3 aromatic carbocycles. The molecule has 250 valence electrons. The normalized spacial score (nSPS) is 18.0. The van der Waals surface area contributed by atoms with Crippen molar-refractivity contribution in [1.82, 2.24) is 5.32 Å². The third-order valence-electron chi connectivity index (χ3n) is 7.47. The van der Waals surface area contributed by atoms with Gasteiger partial charge in [0.15, 0.2) is 16.5 Å². The highest BCUT2D eigenvalue weighted by Gasteiger charge is 2.38. The third-order valence-corrected chi connectivity index (χ3v) is 9.22. The molecule has 1 aliphatic rings. The molecule has 1 amide bonds. The number of hydrogen-bond acceptors (Lipinski definition) is 7. The Morgan fingerprint density at radius 1 is 1.00 bits per heavy atom. The number of aliphatic hydroxyl groups excluding tert-OH is 1. The molecular formula is C31H32F6N2O6S. The summed E-state index contributed by atoms with van der Waals surface area (Å²) < 4.78 is 113. The van der Waals surface area contributed by atoms with Crippen molar-refractivity contribution in [3.05, 3.63) is 89.5 Å². The van der Waals surface area contributed by atoms with Crippen LogP contribution in [-0.2, 0) is 20.8 Å². The number of carbonyl (C=O) groups is 1. The summed E-state index contributed by atoms with van der Waals surface area (Å²) in [5.74, 6) is -0.492. The molecule has 2 N–H and O–H groups in total. The molecule has 1 fully saturated rings. The van der Waals surface area contributed by atoms with Crippen LogP contribution in [0, 0.1) is 0 Å². The number of halogens is 6. The van der Waals surface area contributed by atoms with Gasteiger partial charge in [-0.25, -0.2) is 12.8 Å². The molecule has 1 heterocycles. The molecule has 0 spiro atoms. The second kappa shape index (κ2) is 14.3. The maximum Gasteiger partial charge on any atom is 0.416 e. The lowest BCUT2D eigenvalue weighted by atomic mass is 10.1. The van der Waals surface area contributed by atoms with Gasteiger partial charge in [-0.1, -0.05) is 19.1 Å². The molecule has 3 atom stereocenters. The van der Waals surface area contributed by atoms with Crippen LogP contribution in [0.5, 0.6) is 5.75 Å². The maximum absolute atomic E-state index is 13.6. The van der Waals surface area contributed by atoms with Crippen molar-refractivity contribution in [2.24, 2.45) is 0 Å². The maximum atomic E-state index is 13.6. The molecule has 46 heavy (non-hydrogen) atoms. The number of amides is 1. The Morgan fingerprint density at radius 3 is 2.17 bits per heavy atom. The van der Waals surface area contributed by atoms with E-state index in [4.69, 9.17) is 4.74 Å². The lowest BCUT2D eigenvalue weighted by Crippen LogP contribution is -2.37. The number of carbonyl (C=O) groups excluding carboxylic acids is 1. The standard InChI is InChI=1S/C31H32F6N2O6S/c1-2-46(42,43)27-13-5-20(6-14-27)28(17-40)38-29(41)21-3-9-23(10-4-21)39-16-26(15-24(39)18-44-30(33,34)19-32)45-25-11-7-22(8-12-25)31(35,36)37/h3-14,24,26,28,40H,2,15-19H2,1H3,(H,38,41)/t24-,26+,28-/m0/s1. The van der Waals surface area contributed by atoms with E-state index in [0.717, 1.165) is 24.3 Å². The van der Waals surface area contributed by atoms with Gasteiger partial charge in [-0.2, -0.15) is 22.0 Å². The molecule has 1 aliphatic heterocycles. The van der Waals surface area contributed by atoms with Crippen LogP contribution in [0.3, 0.4) is 0 Å². The monoisotopic (exact) mass is 674 g/mol. The first-order valence-corrected chi connectivity index (χ1v) is 15.8. The number of hydrogen-bond donors (Lipinski definition) is 2. The molecule has 15 heteroatoms. The lowest BCUT2D eigenvalue weighted by Gasteiger charge is -2.27. The van der Waals surface area contributed by atoms with Gasteiger partial charge in [0.1, 0.15) is 11.9 Å². The summed E-state index contributed by atoms with van der Waals surface area (Å²) in [6.07, 6.45) is -9.05. The lowest BCUT2D eigenvalue weighted by molar-refractivity contribution is -0.247. The minimum absolute atomic E-state index is 0.0787. The van der Waals surface area contributed by atoms with E-state index >= 15 is 0 Å². The Balaban J connectivity index is 1.46. The van der Waals surface area contributed by atoms with E-state index in [2.05, 4.69) is 10.1 Å². The predicted molar refractivity (Wildman–Crippen MR) is 156 cm³/mol. The van der Waals surface area contributed by atoms with Gasteiger partial charge in [0.05, 0.1) is 48.1 Å². The van der Waals surface area contributed by atoms with Gasteiger partial charge in [-0.05, 0) is 66.2 Å². The molecule has 0 bridgehead atoms. The van der Waals surface area contributed by atoms with Crippen molar-refractivity contribution in [1.29, 1.82) is 0 Å². The molecule has 3 aromatic rings. The first kappa shape index (κ1) is 35.0. The second-order valence-corrected chi connectivity index (χ2v) is 12.9. The Morgan fingerprint density at radius 2 is 1.63 bits per heavy atom. The first-order chi connectivity index (χ1) is 21.7. The highest BCUT2D eigenvalue weighted by atomic mass is 32.2. The van der Waals surface area contributed by atoms with Gasteiger partial charge < -0.3 is 24.8 Å². The molecule has 8 nitrogen and oxygen atoms in total. The predicted octanol–water partition coefficient (Wildman–Crippen LogP) is 5.57. The molecule has 0 aromatic heterocycles. The molecule has 0 aliphatic carbocycles. The second-order valence-electron chi connectivity index (χ2n) is 10.6. The van der Waals surface area contributed by atoms with Crippen molar-refractivity contribution >= 4 is 21.4 Å². The highest BCUT2D eigenvalue weighted by molar-refractivity contribution is 7.91. The summed E-state index contributed by atoms with van der Waals surface area (Å²) in [7, 11) is -3.43. The fourth-order valence-corrected chi connectivity index (χ4v) is 5.84. The highest BCUT2D eigenvalue weighted by Crippen LogP contribution is 2.33. The van der Waals surface area contributed by atoms with Crippen molar-refractivity contribution in [3.63, 3.8) is 0 Å². The van der Waals surface area contributed by atoms with Crippen molar-refractivity contribution in [2.45, 2.75) is 48.7 Å². The molecule has 0 unspecified atom stereocenters. The fraction of sp³-hybridized carbons (Fsp3) is 0.387. The van der Waals surface area contributed by atoms with E-state index in [1.807, 2.05) is 0 Å². The Labute approximate surface area is 261 Å². The zero-order chi connectivity index (χ0) is 33.7. The van der Waals surface area contributed by atoms with Crippen LogP contribution in [0.1, 0.15) is 40.9 Å². The quantitative estimate of drug-likeness (QED) is 0.229. The molecule has 0 saturated carbocycles. The minimum atomic E-state index is -4.53. The van der Waals surface area contributed by atoms with Gasteiger partial charge in [0.25, 0.3) is 5.91 Å². The summed E-state index contributed by atoms with van der Waals surface area (Å²) in [4.78, 5) is 14.8. The summed E-state index contributed by atoms with van der Waals surface area (Å²) in [6.45, 7) is -1.43. The average Bonchev–Trinajstić information content (AvgIpc) is 3.45. The van der Waals surface area contributed by atoms with E-state index in [1.54, 1.807) is 17.0 Å². The Hall–Kier alpha value is -3.82. The van der Waals surface area contributed by atoms with Gasteiger partial charge >= 0.3 is 12.3 Å². The van der Waals surface area contributed by atoms with E-state index in [9.17, 15) is 44.7 Å². The van der Waals surface area contributed by atoms with Gasteiger partial charge in [0, 0.05) is 17.7 Å². The average molecular weight is 675 g/mol. The number of alkyl halides is 6. The number of nitrogens with one attached hydrogen (secondary N) is 1. The third kappa shape index (κ3) is 8.70. The van der Waals surface area contributed by atoms with Gasteiger partial charge in [-0.3, -0.25) is 4.79 Å². The summed E-state index contributed by atoms with van der Waals surface area (Å²) in [6, 6.07) is 14.3. The van der Waals surface area contributed by atoms with E-state index in [1.165, 1.54) is 43.3 Å². The van der Waals surface area contributed by atoms with Gasteiger partial charge in [-0.15, -0.1) is 0 Å². The van der Waals surface area contributed by atoms with Gasteiger partial charge in [0.2, 0.25) is 0 Å². The fourth-order valence-electron chi connectivity index (χ4n) is 4.96. The van der Waals surface area contributed by atoms with E-state index in [0.29, 0.717) is 11.3 Å². The molecule has 0 radical (unpaired) electrons. The number of benzene rings is 3. The zero-order valence-electron chi connectivity index (χ0n) is 24.5. The number of ether oxygens (including phenoxy) is 2. The van der Waals surface area contributed by atoms with Crippen molar-refractivity contribution in [2.75, 3.05) is 37.1 Å². The molecule has 4 rings (SSSR count). The number of aliphatic hydroxyl groups is 1. The number of anilines is 1. The zero-order valence-corrected chi connectivity index (χ0v) is 25.3. The molecular weight excluding hydrogens is 642 g/mol. The SMILES string of the molecule is CCS(=O)(=O)c1ccc([C@H](CO)NC(=O)c2ccc(N3C[C@H](Oc4ccc(C(F)(F)F)cc4)C[C@H]3COC(F)(F)CF)cc2)cc1. The number of nitrogens with zero attached hydrogens (tertiary/aromatic N) is 1. The van der Waals surface area contributed by atoms with Crippen molar-refractivity contribution < 1.29 is 54.1 Å². The number of sulfone groups is 1. The molecule has 1 saturated heterocycles. The van der Waals surface area contributed by atoms with Crippen LogP contribution < -0.4 is 15.0 Å². The summed E-state index contributed by atoms with van der Waals surface area (Å²) in [5, 5.41) is 12.6. The van der Waals surface area contributed by atoms with E-state index in [-0.39, 0.29) is 34.9 Å². The summed E-state index contributed by atoms with van der Waals surface area (Å²) in [5.41, 5.74) is 0.300. The number of rotatable bonds is 13. The minimum Gasteiger partial charge on any atom is -0.489 e. The topological polar surface area (TPSA) is 105 Å². The Kier molecular flexibility index (Phi) is 10.9. The van der Waals surface area contributed by atoms with Crippen LogP contribution in [0.15, 0.2) is 77.7 Å². The first-order valence-electron chi connectivity index (χ1n) is 14.2.